The smallest absolute Gasteiger partial charge is 0.341 e. The lowest BCUT2D eigenvalue weighted by Crippen LogP contribution is -2.30. The summed E-state index contributed by atoms with van der Waals surface area (Å²) in [6.07, 6.45) is -4.10. The van der Waals surface area contributed by atoms with E-state index in [2.05, 4.69) is 0 Å². The van der Waals surface area contributed by atoms with Crippen LogP contribution < -0.4 is 0 Å². The summed E-state index contributed by atoms with van der Waals surface area (Å²) in [7, 11) is 1.53. The molecule has 0 aromatic heterocycles. The zero-order valence-corrected chi connectivity index (χ0v) is 12.2. The average Bonchev–Trinajstić information content (AvgIpc) is 2.25. The van der Waals surface area contributed by atoms with Crippen LogP contribution in [0.3, 0.4) is 0 Å². The van der Waals surface area contributed by atoms with Crippen LogP contribution in [0.25, 0.3) is 0 Å². The molecule has 0 aliphatic heterocycles. The first-order valence-corrected chi connectivity index (χ1v) is 6.40. The van der Waals surface area contributed by atoms with Gasteiger partial charge in [-0.05, 0) is 17.0 Å². The maximum Gasteiger partial charge on any atom is 0.416 e. The first kappa shape index (κ1) is 16.5. The van der Waals surface area contributed by atoms with Crippen LogP contribution >= 0.6 is 0 Å². The van der Waals surface area contributed by atoms with E-state index in [0.717, 1.165) is 6.07 Å². The Hall–Kier alpha value is -1.52. The summed E-state index contributed by atoms with van der Waals surface area (Å²) in [6, 6.07) is 5.34. The van der Waals surface area contributed by atoms with E-state index < -0.39 is 11.7 Å². The topological polar surface area (TPSA) is 20.3 Å². The number of hydrogen-bond donors (Lipinski definition) is 0. The van der Waals surface area contributed by atoms with E-state index in [9.17, 15) is 18.0 Å². The van der Waals surface area contributed by atoms with E-state index in [-0.39, 0.29) is 23.4 Å². The Labute approximate surface area is 117 Å². The number of carbonyl (C=O) groups excluding carboxylic acids is 1. The molecular weight excluding hydrogens is 267 g/mol. The molecule has 2 nitrogen and oxygen atoms in total. The molecule has 0 bridgehead atoms. The number of hydrogen-bond acceptors (Lipinski definition) is 1. The van der Waals surface area contributed by atoms with Crippen molar-refractivity contribution in [3.8, 4) is 0 Å². The van der Waals surface area contributed by atoms with Gasteiger partial charge >= 0.3 is 6.18 Å². The molecule has 0 aliphatic rings. The number of nitrogens with zero attached hydrogens (tertiary/aromatic N) is 1. The third-order valence-corrected chi connectivity index (χ3v) is 2.84. The summed E-state index contributed by atoms with van der Waals surface area (Å²) in [5, 5.41) is 0. The minimum Gasteiger partial charge on any atom is -0.341 e. The molecule has 1 rings (SSSR count). The second-order valence-electron chi connectivity index (χ2n) is 6.14. The Morgan fingerprint density at radius 2 is 1.70 bits per heavy atom. The SMILES string of the molecule is CN(Cc1ccccc1C(F)(F)F)C(=O)CC(C)(C)C. The van der Waals surface area contributed by atoms with Crippen molar-refractivity contribution in [2.24, 2.45) is 5.41 Å². The lowest BCUT2D eigenvalue weighted by Gasteiger charge is -2.24. The van der Waals surface area contributed by atoms with E-state index in [4.69, 9.17) is 0 Å². The van der Waals surface area contributed by atoms with Gasteiger partial charge in [-0.2, -0.15) is 13.2 Å². The maximum absolute atomic E-state index is 12.9. The highest BCUT2D eigenvalue weighted by atomic mass is 19.4. The van der Waals surface area contributed by atoms with Gasteiger partial charge in [0.1, 0.15) is 0 Å². The van der Waals surface area contributed by atoms with E-state index in [1.807, 2.05) is 20.8 Å². The van der Waals surface area contributed by atoms with Crippen molar-refractivity contribution in [1.82, 2.24) is 4.90 Å². The monoisotopic (exact) mass is 287 g/mol. The summed E-state index contributed by atoms with van der Waals surface area (Å²) in [5.41, 5.74) is -0.755. The Morgan fingerprint density at radius 3 is 2.20 bits per heavy atom. The van der Waals surface area contributed by atoms with Crippen LogP contribution in [0.5, 0.6) is 0 Å². The van der Waals surface area contributed by atoms with Crippen LogP contribution in [0.2, 0.25) is 0 Å². The Balaban J connectivity index is 2.86. The highest BCUT2D eigenvalue weighted by Crippen LogP contribution is 2.32. The summed E-state index contributed by atoms with van der Waals surface area (Å²) in [5.74, 6) is -0.158. The van der Waals surface area contributed by atoms with Crippen LogP contribution in [0.15, 0.2) is 24.3 Å². The number of amides is 1. The Kier molecular flexibility index (Phi) is 4.84. The van der Waals surface area contributed by atoms with E-state index >= 15 is 0 Å². The van der Waals surface area contributed by atoms with Gasteiger partial charge in [0, 0.05) is 20.0 Å². The number of carbonyl (C=O) groups is 1. The fourth-order valence-electron chi connectivity index (χ4n) is 1.87. The van der Waals surface area contributed by atoms with Crippen molar-refractivity contribution in [2.75, 3.05) is 7.05 Å². The molecule has 0 radical (unpaired) electrons. The average molecular weight is 287 g/mol. The van der Waals surface area contributed by atoms with Gasteiger partial charge in [-0.3, -0.25) is 4.79 Å². The molecule has 1 aromatic rings. The second kappa shape index (κ2) is 5.85. The maximum atomic E-state index is 12.9. The number of rotatable bonds is 3. The van der Waals surface area contributed by atoms with Gasteiger partial charge in [0.15, 0.2) is 0 Å². The molecule has 0 N–H and O–H groups in total. The van der Waals surface area contributed by atoms with Crippen molar-refractivity contribution >= 4 is 5.91 Å². The van der Waals surface area contributed by atoms with Gasteiger partial charge in [-0.15, -0.1) is 0 Å². The molecule has 20 heavy (non-hydrogen) atoms. The summed E-state index contributed by atoms with van der Waals surface area (Å²) in [6.45, 7) is 5.72. The van der Waals surface area contributed by atoms with Crippen LogP contribution in [-0.4, -0.2) is 17.9 Å². The van der Waals surface area contributed by atoms with Crippen molar-refractivity contribution in [3.05, 3.63) is 35.4 Å². The first-order chi connectivity index (χ1) is 9.00. The number of benzene rings is 1. The van der Waals surface area contributed by atoms with Gasteiger partial charge in [0.25, 0.3) is 0 Å². The van der Waals surface area contributed by atoms with Gasteiger partial charge < -0.3 is 4.90 Å². The summed E-state index contributed by atoms with van der Waals surface area (Å²) < 4.78 is 38.6. The minimum atomic E-state index is -4.40. The standard InChI is InChI=1S/C15H20F3NO/c1-14(2,3)9-13(20)19(4)10-11-7-5-6-8-12(11)15(16,17)18/h5-8H,9-10H2,1-4H3. The lowest BCUT2D eigenvalue weighted by molar-refractivity contribution is -0.140. The third-order valence-electron chi connectivity index (χ3n) is 2.84. The predicted molar refractivity (Wildman–Crippen MR) is 72.0 cm³/mol. The minimum absolute atomic E-state index is 0.0371. The van der Waals surface area contributed by atoms with E-state index in [0.29, 0.717) is 6.42 Å². The quantitative estimate of drug-likeness (QED) is 0.819. The van der Waals surface area contributed by atoms with Crippen LogP contribution in [-0.2, 0) is 17.5 Å². The third kappa shape index (κ3) is 4.87. The Bertz CT molecular complexity index is 475. The summed E-state index contributed by atoms with van der Waals surface area (Å²) >= 11 is 0. The van der Waals surface area contributed by atoms with E-state index in [1.54, 1.807) is 6.07 Å². The van der Waals surface area contributed by atoms with Gasteiger partial charge in [0.05, 0.1) is 5.56 Å². The van der Waals surface area contributed by atoms with Crippen molar-refractivity contribution in [3.63, 3.8) is 0 Å². The van der Waals surface area contributed by atoms with Gasteiger partial charge in [-0.1, -0.05) is 39.0 Å². The molecule has 5 heteroatoms. The van der Waals surface area contributed by atoms with Crippen molar-refractivity contribution in [2.45, 2.75) is 39.9 Å². The fraction of sp³-hybridized carbons (Fsp3) is 0.533. The summed E-state index contributed by atoms with van der Waals surface area (Å²) in [4.78, 5) is 13.3. The highest BCUT2D eigenvalue weighted by molar-refractivity contribution is 5.76. The molecule has 0 fully saturated rings. The zero-order valence-electron chi connectivity index (χ0n) is 12.2. The van der Waals surface area contributed by atoms with E-state index in [1.165, 1.54) is 24.1 Å². The zero-order chi connectivity index (χ0) is 15.6. The lowest BCUT2D eigenvalue weighted by atomic mass is 9.91. The normalized spacial score (nSPS) is 12.3. The van der Waals surface area contributed by atoms with Crippen LogP contribution in [0.4, 0.5) is 13.2 Å². The number of alkyl halides is 3. The van der Waals surface area contributed by atoms with Gasteiger partial charge in [0.2, 0.25) is 5.91 Å². The van der Waals surface area contributed by atoms with Crippen molar-refractivity contribution < 1.29 is 18.0 Å². The molecular formula is C15H20F3NO. The number of halogens is 3. The predicted octanol–water partition coefficient (Wildman–Crippen LogP) is 4.10. The largest absolute Gasteiger partial charge is 0.416 e. The second-order valence-corrected chi connectivity index (χ2v) is 6.14. The van der Waals surface area contributed by atoms with Crippen molar-refractivity contribution in [1.29, 1.82) is 0 Å². The highest BCUT2D eigenvalue weighted by Gasteiger charge is 2.33. The molecule has 0 saturated carbocycles. The molecule has 0 heterocycles. The van der Waals surface area contributed by atoms with Crippen LogP contribution in [0, 0.1) is 5.41 Å². The molecule has 1 amide bonds. The van der Waals surface area contributed by atoms with Gasteiger partial charge in [-0.25, -0.2) is 0 Å². The van der Waals surface area contributed by atoms with Crippen LogP contribution in [0.1, 0.15) is 38.3 Å². The molecule has 0 unspecified atom stereocenters. The molecule has 1 aromatic carbocycles. The molecule has 112 valence electrons. The molecule has 0 aliphatic carbocycles. The molecule has 0 spiro atoms. The molecule has 0 atom stereocenters. The Morgan fingerprint density at radius 1 is 1.15 bits per heavy atom. The fourth-order valence-corrected chi connectivity index (χ4v) is 1.87. The first-order valence-electron chi connectivity index (χ1n) is 6.40. The molecule has 0 saturated heterocycles.